The number of phenolic OH excluding ortho intramolecular Hbond substituents is 1. The summed E-state index contributed by atoms with van der Waals surface area (Å²) in [7, 11) is 0. The summed E-state index contributed by atoms with van der Waals surface area (Å²) >= 11 is 5.84. The van der Waals surface area contributed by atoms with Crippen LogP contribution < -0.4 is 22.5 Å². The van der Waals surface area contributed by atoms with Crippen molar-refractivity contribution in [3.05, 3.63) is 105 Å². The molecule has 0 aliphatic rings. The molecule has 0 saturated carbocycles. The topological polar surface area (TPSA) is 250 Å². The molecule has 4 rings (SSSR count). The van der Waals surface area contributed by atoms with E-state index in [9.17, 15) is 30.3 Å². The van der Waals surface area contributed by atoms with Gasteiger partial charge in [-0.25, -0.2) is 9.97 Å². The number of aromatic nitrogens is 2. The molecule has 54 heavy (non-hydrogen) atoms. The molecule has 0 radical (unpaired) electrons. The Balaban J connectivity index is 1.24. The zero-order valence-electron chi connectivity index (χ0n) is 30.5. The molecule has 3 aromatic carbocycles. The lowest BCUT2D eigenvalue weighted by atomic mass is 10.0. The first-order chi connectivity index (χ1) is 25.9. The standard InChI is InChI=1S/C39H51ClN8O6/c1-2-26-19-27(13-15-30(26)50)32(52)21-48(22-33(53)28-14-16-31(51)29(20-28)23-49)18-6-4-8-25-11-9-24(10-12-25)7-3-5-17-44-39(43)47-38(54)34-36(41)46-37(42)35(40)45-34/h9-16,19-20,32-33,49-53H,2-8,17-18,21-23H2,1H3,(H4,41,42,46)(H3,43,44,47,54)/t32-,33-/m0/s1. The lowest BCUT2D eigenvalue weighted by Crippen LogP contribution is -2.38. The highest BCUT2D eigenvalue weighted by Gasteiger charge is 2.20. The number of nitrogens with zero attached hydrogens (tertiary/aromatic N) is 4. The first-order valence-corrected chi connectivity index (χ1v) is 18.4. The van der Waals surface area contributed by atoms with Crippen LogP contribution in [0.1, 0.15) is 88.7 Å². The quantitative estimate of drug-likeness (QED) is 0.0375. The maximum absolute atomic E-state index is 12.4. The van der Waals surface area contributed by atoms with E-state index in [1.54, 1.807) is 24.3 Å². The Morgan fingerprint density at radius 3 is 1.96 bits per heavy atom. The monoisotopic (exact) mass is 762 g/mol. The van der Waals surface area contributed by atoms with Crippen molar-refractivity contribution in [2.75, 3.05) is 37.6 Å². The number of aliphatic imine (C=N–C) groups is 1. The Morgan fingerprint density at radius 1 is 0.833 bits per heavy atom. The maximum Gasteiger partial charge on any atom is 0.280 e. The number of hydrogen-bond donors (Lipinski definition) is 9. The molecule has 12 N–H and O–H groups in total. The lowest BCUT2D eigenvalue weighted by Gasteiger charge is -2.28. The van der Waals surface area contributed by atoms with Gasteiger partial charge in [-0.15, -0.1) is 0 Å². The minimum absolute atomic E-state index is 0.0333. The van der Waals surface area contributed by atoms with E-state index in [2.05, 4.69) is 44.5 Å². The minimum Gasteiger partial charge on any atom is -0.508 e. The van der Waals surface area contributed by atoms with Crippen LogP contribution in [0.3, 0.4) is 0 Å². The Bertz CT molecular complexity index is 1820. The third-order valence-corrected chi connectivity index (χ3v) is 9.40. The van der Waals surface area contributed by atoms with Gasteiger partial charge in [-0.3, -0.25) is 20.0 Å². The number of aromatic hydroxyl groups is 2. The van der Waals surface area contributed by atoms with Crippen molar-refractivity contribution in [3.63, 3.8) is 0 Å². The van der Waals surface area contributed by atoms with Crippen LogP contribution >= 0.6 is 11.6 Å². The number of nitrogens with one attached hydrogen (secondary N) is 1. The average molecular weight is 763 g/mol. The van der Waals surface area contributed by atoms with Gasteiger partial charge in [0.15, 0.2) is 28.4 Å². The van der Waals surface area contributed by atoms with E-state index < -0.39 is 18.1 Å². The summed E-state index contributed by atoms with van der Waals surface area (Å²) in [6.45, 7) is 3.17. The van der Waals surface area contributed by atoms with Crippen LogP contribution in [0.2, 0.25) is 5.15 Å². The predicted molar refractivity (Wildman–Crippen MR) is 210 cm³/mol. The van der Waals surface area contributed by atoms with Crippen molar-refractivity contribution < 1.29 is 30.3 Å². The minimum atomic E-state index is -0.901. The largest absolute Gasteiger partial charge is 0.508 e. The van der Waals surface area contributed by atoms with Gasteiger partial charge in [0.2, 0.25) is 0 Å². The molecule has 4 aromatic rings. The van der Waals surface area contributed by atoms with Crippen LogP contribution in [-0.2, 0) is 25.9 Å². The fourth-order valence-corrected chi connectivity index (χ4v) is 6.12. The number of aliphatic hydroxyl groups is 3. The summed E-state index contributed by atoms with van der Waals surface area (Å²) in [4.78, 5) is 26.2. The van der Waals surface area contributed by atoms with Gasteiger partial charge in [0.05, 0.1) is 18.8 Å². The van der Waals surface area contributed by atoms with Crippen LogP contribution in [0, 0.1) is 0 Å². The van der Waals surface area contributed by atoms with E-state index in [0.717, 1.165) is 44.1 Å². The van der Waals surface area contributed by atoms with Crippen molar-refractivity contribution in [2.45, 2.75) is 70.7 Å². The number of rotatable bonds is 19. The number of nitrogen functional groups attached to an aromatic ring is 2. The molecule has 1 amide bonds. The van der Waals surface area contributed by atoms with Crippen molar-refractivity contribution in [1.82, 2.24) is 20.2 Å². The van der Waals surface area contributed by atoms with Gasteiger partial charge < -0.3 is 42.7 Å². The number of unbranched alkanes of at least 4 members (excludes halogenated alkanes) is 2. The van der Waals surface area contributed by atoms with Gasteiger partial charge >= 0.3 is 0 Å². The smallest absolute Gasteiger partial charge is 0.280 e. The number of aryl methyl sites for hydroxylation is 3. The van der Waals surface area contributed by atoms with Crippen molar-refractivity contribution in [1.29, 1.82) is 0 Å². The fraction of sp³-hybridized carbons (Fsp3) is 0.385. The molecular weight excluding hydrogens is 712 g/mol. The number of anilines is 2. The molecule has 14 nitrogen and oxygen atoms in total. The Morgan fingerprint density at radius 2 is 1.39 bits per heavy atom. The first-order valence-electron chi connectivity index (χ1n) is 18.0. The van der Waals surface area contributed by atoms with Gasteiger partial charge in [0, 0.05) is 25.2 Å². The van der Waals surface area contributed by atoms with E-state index in [4.69, 9.17) is 28.8 Å². The van der Waals surface area contributed by atoms with Gasteiger partial charge in [0.25, 0.3) is 5.91 Å². The van der Waals surface area contributed by atoms with Gasteiger partial charge in [-0.1, -0.05) is 54.9 Å². The van der Waals surface area contributed by atoms with Crippen LogP contribution in [0.15, 0.2) is 65.7 Å². The van der Waals surface area contributed by atoms with Gasteiger partial charge in [0.1, 0.15) is 11.5 Å². The van der Waals surface area contributed by atoms with Gasteiger partial charge in [-0.05, 0) is 104 Å². The van der Waals surface area contributed by atoms with E-state index in [1.807, 2.05) is 17.9 Å². The van der Waals surface area contributed by atoms with Crippen LogP contribution in [0.25, 0.3) is 0 Å². The summed E-state index contributed by atoms with van der Waals surface area (Å²) in [5, 5.41) is 54.2. The Kier molecular flexibility index (Phi) is 15.8. The molecular formula is C39H51ClN8O6. The lowest BCUT2D eigenvalue weighted by molar-refractivity contribution is 0.0677. The average Bonchev–Trinajstić information content (AvgIpc) is 3.15. The molecule has 0 bridgehead atoms. The number of halogens is 1. The molecule has 1 heterocycles. The number of guanidine groups is 1. The molecule has 0 aliphatic carbocycles. The zero-order valence-corrected chi connectivity index (χ0v) is 31.2. The third-order valence-electron chi connectivity index (χ3n) is 9.12. The SMILES string of the molecule is CCc1cc([C@@H](O)CN(CCCCc2ccc(CCCCN=C(N)NC(=O)c3nc(Cl)c(N)nc3N)cc2)C[C@H](O)c2ccc(O)c(CO)c2)ccc1O. The highest BCUT2D eigenvalue weighted by atomic mass is 35.5. The van der Waals surface area contributed by atoms with Crippen molar-refractivity contribution in [2.24, 2.45) is 10.7 Å². The van der Waals surface area contributed by atoms with Gasteiger partial charge in [-0.2, -0.15) is 0 Å². The molecule has 2 atom stereocenters. The Labute approximate surface area is 320 Å². The number of aliphatic hydroxyl groups excluding tert-OH is 3. The second kappa shape index (κ2) is 20.5. The number of carbonyl (C=O) groups excluding carboxylic acids is 1. The van der Waals surface area contributed by atoms with E-state index in [-0.39, 0.29) is 59.6 Å². The zero-order chi connectivity index (χ0) is 39.2. The normalized spacial score (nSPS) is 12.9. The number of nitrogens with two attached hydrogens (primary N) is 3. The van der Waals surface area contributed by atoms with E-state index >= 15 is 0 Å². The molecule has 0 aliphatic heterocycles. The highest BCUT2D eigenvalue weighted by Crippen LogP contribution is 2.26. The maximum atomic E-state index is 12.4. The molecule has 0 spiro atoms. The first kappa shape index (κ1) is 41.8. The number of hydrogen-bond acceptors (Lipinski definition) is 12. The summed E-state index contributed by atoms with van der Waals surface area (Å²) < 4.78 is 0. The predicted octanol–water partition coefficient (Wildman–Crippen LogP) is 3.92. The summed E-state index contributed by atoms with van der Waals surface area (Å²) in [5.41, 5.74) is 21.7. The molecule has 0 unspecified atom stereocenters. The van der Waals surface area contributed by atoms with Crippen molar-refractivity contribution in [3.8, 4) is 11.5 Å². The summed E-state index contributed by atoms with van der Waals surface area (Å²) in [6.07, 6.45) is 3.99. The molecule has 15 heteroatoms. The highest BCUT2D eigenvalue weighted by molar-refractivity contribution is 6.31. The molecule has 290 valence electrons. The molecule has 0 saturated heterocycles. The van der Waals surface area contributed by atoms with Crippen LogP contribution in [0.4, 0.5) is 11.6 Å². The summed E-state index contributed by atoms with van der Waals surface area (Å²) in [5.74, 6) is -0.824. The fourth-order valence-electron chi connectivity index (χ4n) is 5.99. The number of amides is 1. The molecule has 0 fully saturated rings. The van der Waals surface area contributed by atoms with Crippen molar-refractivity contribution >= 4 is 35.1 Å². The second-order valence-corrected chi connectivity index (χ2v) is 13.5. The second-order valence-electron chi connectivity index (χ2n) is 13.2. The number of phenols is 2. The third kappa shape index (κ3) is 12.3. The summed E-state index contributed by atoms with van der Waals surface area (Å²) in [6, 6.07) is 18.3. The van der Waals surface area contributed by atoms with Crippen LogP contribution in [0.5, 0.6) is 11.5 Å². The van der Waals surface area contributed by atoms with E-state index in [0.29, 0.717) is 36.2 Å². The molecule has 1 aromatic heterocycles. The van der Waals surface area contributed by atoms with E-state index in [1.165, 1.54) is 17.2 Å². The number of carbonyl (C=O) groups is 1. The van der Waals surface area contributed by atoms with Crippen LogP contribution in [-0.4, -0.2) is 78.4 Å². The number of benzene rings is 3. The Hall–Kier alpha value is -4.99.